The van der Waals surface area contributed by atoms with Crippen LogP contribution in [-0.2, 0) is 14.0 Å². The van der Waals surface area contributed by atoms with Crippen molar-refractivity contribution in [3.8, 4) is 0 Å². The van der Waals surface area contributed by atoms with E-state index in [-0.39, 0.29) is 12.1 Å². The number of methoxy groups -OCH3 is 1. The first-order chi connectivity index (χ1) is 16.0. The number of carbonyl (C=O) groups excluding carboxylic acids is 1. The number of rotatable bonds is 20. The van der Waals surface area contributed by atoms with E-state index in [4.69, 9.17) is 9.16 Å². The molecule has 0 rings (SSSR count). The molecule has 0 unspecified atom stereocenters. The number of carbonyl (C=O) groups is 1. The monoisotopic (exact) mass is 604 g/mol. The van der Waals surface area contributed by atoms with E-state index in [0.717, 1.165) is 12.8 Å². The third kappa shape index (κ3) is 11.5. The zero-order valence-electron chi connectivity index (χ0n) is 24.7. The van der Waals surface area contributed by atoms with Crippen LogP contribution in [0.2, 0.25) is 29.9 Å². The summed E-state index contributed by atoms with van der Waals surface area (Å²) in [6, 6.07) is 0. The molecular weight excluding hydrogens is 543 g/mol. The Balaban J connectivity index is 6.11. The molecule has 202 valence electrons. The van der Waals surface area contributed by atoms with Crippen molar-refractivity contribution in [3.05, 3.63) is 10.2 Å². The molecule has 0 bridgehead atoms. The summed E-state index contributed by atoms with van der Waals surface area (Å²) >= 11 is -2.39. The molecule has 0 aromatic rings. The van der Waals surface area contributed by atoms with Crippen molar-refractivity contribution in [3.63, 3.8) is 0 Å². The standard InChI is InChI=1S/C17H33O3Si.3C4H9.Sn/c1-9-16(11-10-12-17(18)19-8)20-21(13(2)3,14(4)5)15(6)7;3*1-3-4-2;/h1,9,13-16H,10-12H2,2-8H3;3*1,3-4H2,2H3;/t16-;;;;/m1..../s1. The predicted molar refractivity (Wildman–Crippen MR) is 156 cm³/mol. The topological polar surface area (TPSA) is 35.5 Å². The second kappa shape index (κ2) is 18.4. The van der Waals surface area contributed by atoms with Crippen LogP contribution in [0.5, 0.6) is 0 Å². The van der Waals surface area contributed by atoms with Crippen molar-refractivity contribution in [2.24, 2.45) is 0 Å². The Morgan fingerprint density at radius 1 is 0.794 bits per heavy atom. The van der Waals surface area contributed by atoms with Gasteiger partial charge in [0.1, 0.15) is 0 Å². The van der Waals surface area contributed by atoms with Crippen LogP contribution in [0.4, 0.5) is 0 Å². The van der Waals surface area contributed by atoms with Gasteiger partial charge in [-0.1, -0.05) is 0 Å². The van der Waals surface area contributed by atoms with Gasteiger partial charge in [-0.3, -0.25) is 0 Å². The Labute approximate surface area is 219 Å². The van der Waals surface area contributed by atoms with Crippen LogP contribution in [-0.4, -0.2) is 45.9 Å². The van der Waals surface area contributed by atoms with Gasteiger partial charge in [0.25, 0.3) is 0 Å². The van der Waals surface area contributed by atoms with Crippen LogP contribution >= 0.6 is 0 Å². The van der Waals surface area contributed by atoms with E-state index in [9.17, 15) is 4.79 Å². The van der Waals surface area contributed by atoms with E-state index in [2.05, 4.69) is 72.5 Å². The molecule has 0 saturated heterocycles. The molecular formula is C29H60O3SiSn. The molecule has 0 aliphatic rings. The van der Waals surface area contributed by atoms with Gasteiger partial charge in [0.05, 0.1) is 0 Å². The summed E-state index contributed by atoms with van der Waals surface area (Å²) in [5.41, 5.74) is 1.70. The molecule has 34 heavy (non-hydrogen) atoms. The van der Waals surface area contributed by atoms with Crippen LogP contribution in [0.1, 0.15) is 120 Å². The SMILES string of the molecule is CCC[CH2][Sn](/[CH]=C/[C@H](CCCC(=O)OC)O[Si](C(C)C)(C(C)C)C(C)C)([CH2]CCC)[CH2]CCC. The molecule has 0 N–H and O–H groups in total. The summed E-state index contributed by atoms with van der Waals surface area (Å²) in [4.78, 5) is 11.8. The number of esters is 1. The minimum absolute atomic E-state index is 0.106. The maximum atomic E-state index is 11.8. The number of unbranched alkanes of at least 4 members (excludes halogenated alkanes) is 3. The molecule has 0 aliphatic carbocycles. The zero-order chi connectivity index (χ0) is 26.2. The Hall–Kier alpha value is 0.186. The molecule has 0 fully saturated rings. The molecule has 1 atom stereocenters. The van der Waals surface area contributed by atoms with Crippen LogP contribution in [0.3, 0.4) is 0 Å². The normalized spacial score (nSPS) is 14.0. The first-order valence-electron chi connectivity index (χ1n) is 14.5. The number of ether oxygens (including phenoxy) is 1. The van der Waals surface area contributed by atoms with Crippen molar-refractivity contribution < 1.29 is 14.0 Å². The van der Waals surface area contributed by atoms with Gasteiger partial charge in [-0.2, -0.15) is 0 Å². The van der Waals surface area contributed by atoms with Gasteiger partial charge in [0.15, 0.2) is 0 Å². The van der Waals surface area contributed by atoms with Crippen LogP contribution < -0.4 is 0 Å². The molecule has 0 spiro atoms. The van der Waals surface area contributed by atoms with E-state index in [1.54, 1.807) is 0 Å². The molecule has 0 radical (unpaired) electrons. The molecule has 0 amide bonds. The Kier molecular flexibility index (Phi) is 18.5. The van der Waals surface area contributed by atoms with Gasteiger partial charge in [-0.05, 0) is 0 Å². The van der Waals surface area contributed by atoms with Crippen LogP contribution in [0.15, 0.2) is 10.2 Å². The molecule has 5 heteroatoms. The zero-order valence-corrected chi connectivity index (χ0v) is 28.5. The molecule has 0 saturated carbocycles. The average molecular weight is 604 g/mol. The summed E-state index contributed by atoms with van der Waals surface area (Å²) in [6.07, 6.45) is 12.9. The van der Waals surface area contributed by atoms with Gasteiger partial charge in [-0.15, -0.1) is 0 Å². The fourth-order valence-corrected chi connectivity index (χ4v) is 25.9. The van der Waals surface area contributed by atoms with E-state index >= 15 is 0 Å². The number of hydrogen-bond donors (Lipinski definition) is 0. The predicted octanol–water partition coefficient (Wildman–Crippen LogP) is 9.83. The van der Waals surface area contributed by atoms with Gasteiger partial charge in [0.2, 0.25) is 0 Å². The Morgan fingerprint density at radius 2 is 1.24 bits per heavy atom. The summed E-state index contributed by atoms with van der Waals surface area (Å²) in [5, 5.41) is 0. The van der Waals surface area contributed by atoms with Crippen molar-refractivity contribution in [2.75, 3.05) is 7.11 Å². The van der Waals surface area contributed by atoms with E-state index < -0.39 is 26.7 Å². The summed E-state index contributed by atoms with van der Waals surface area (Å²) in [5.74, 6) is -0.106. The van der Waals surface area contributed by atoms with Crippen LogP contribution in [0, 0.1) is 0 Å². The fourth-order valence-electron chi connectivity index (χ4n) is 5.94. The Bertz CT molecular complexity index is 516. The third-order valence-corrected chi connectivity index (χ3v) is 28.2. The summed E-state index contributed by atoms with van der Waals surface area (Å²) < 4.78 is 19.4. The van der Waals surface area contributed by atoms with Gasteiger partial charge in [0, 0.05) is 0 Å². The minimum atomic E-state index is -2.39. The van der Waals surface area contributed by atoms with Crippen molar-refractivity contribution in [1.82, 2.24) is 0 Å². The molecule has 0 aliphatic heterocycles. The second-order valence-electron chi connectivity index (χ2n) is 11.5. The first-order valence-corrected chi connectivity index (χ1v) is 24.3. The average Bonchev–Trinajstić information content (AvgIpc) is 2.79. The second-order valence-corrected chi connectivity index (χ2v) is 29.9. The molecule has 0 heterocycles. The quantitative estimate of drug-likeness (QED) is 0.103. The van der Waals surface area contributed by atoms with Crippen LogP contribution in [0.25, 0.3) is 0 Å². The molecule has 3 nitrogen and oxygen atoms in total. The first kappa shape index (κ1) is 34.2. The van der Waals surface area contributed by atoms with E-state index in [1.165, 1.54) is 58.9 Å². The third-order valence-electron chi connectivity index (χ3n) is 7.91. The van der Waals surface area contributed by atoms with Gasteiger partial charge >= 0.3 is 220 Å². The van der Waals surface area contributed by atoms with Gasteiger partial charge in [-0.25, -0.2) is 0 Å². The number of hydrogen-bond acceptors (Lipinski definition) is 3. The Morgan fingerprint density at radius 3 is 1.59 bits per heavy atom. The van der Waals surface area contributed by atoms with E-state index in [0.29, 0.717) is 23.0 Å². The fraction of sp³-hybridized carbons (Fsp3) is 0.897. The maximum absolute atomic E-state index is 11.8. The van der Waals surface area contributed by atoms with E-state index in [1.807, 2.05) is 0 Å². The van der Waals surface area contributed by atoms with Gasteiger partial charge < -0.3 is 0 Å². The van der Waals surface area contributed by atoms with Crippen molar-refractivity contribution in [1.29, 1.82) is 0 Å². The molecule has 0 aromatic heterocycles. The summed E-state index contributed by atoms with van der Waals surface area (Å²) in [7, 11) is -0.504. The molecule has 0 aromatic carbocycles. The van der Waals surface area contributed by atoms with Crippen molar-refractivity contribution in [2.45, 2.75) is 156 Å². The van der Waals surface area contributed by atoms with Crippen molar-refractivity contribution >= 4 is 32.7 Å². The summed E-state index contributed by atoms with van der Waals surface area (Å²) in [6.45, 7) is 21.2.